The van der Waals surface area contributed by atoms with E-state index in [0.717, 1.165) is 22.5 Å². The van der Waals surface area contributed by atoms with Crippen LogP contribution in [0.2, 0.25) is 0 Å². The lowest BCUT2D eigenvalue weighted by Crippen LogP contribution is -2.30. The zero-order valence-corrected chi connectivity index (χ0v) is 14.0. The van der Waals surface area contributed by atoms with Gasteiger partial charge in [-0.05, 0) is 31.7 Å². The maximum absolute atomic E-state index is 12.0. The molecule has 0 spiro atoms. The molecule has 1 aromatic heterocycles. The highest BCUT2D eigenvalue weighted by atomic mass is 79.9. The molecule has 0 aliphatic carbocycles. The predicted molar refractivity (Wildman–Crippen MR) is 87.1 cm³/mol. The van der Waals surface area contributed by atoms with Crippen LogP contribution in [0.1, 0.15) is 11.3 Å². The molecule has 1 amide bonds. The number of rotatable bonds is 5. The molecule has 0 unspecified atom stereocenters. The molecule has 112 valence electrons. The summed E-state index contributed by atoms with van der Waals surface area (Å²) in [5.74, 6) is 0.673. The fourth-order valence-electron chi connectivity index (χ4n) is 2.11. The van der Waals surface area contributed by atoms with E-state index in [1.807, 2.05) is 56.3 Å². The number of nitrogens with zero attached hydrogens (tertiary/aromatic N) is 3. The van der Waals surface area contributed by atoms with E-state index in [-0.39, 0.29) is 5.91 Å². The number of carbonyl (C=O) groups is 1. The maximum atomic E-state index is 12.0. The molecular formula is C15H19BrN4O. The van der Waals surface area contributed by atoms with E-state index in [9.17, 15) is 4.79 Å². The Morgan fingerprint density at radius 1 is 1.38 bits per heavy atom. The van der Waals surface area contributed by atoms with Crippen molar-refractivity contribution in [3.63, 3.8) is 0 Å². The van der Waals surface area contributed by atoms with Gasteiger partial charge < -0.3 is 5.32 Å². The molecule has 0 aliphatic rings. The van der Waals surface area contributed by atoms with Crippen molar-refractivity contribution in [2.75, 3.05) is 18.9 Å². The Morgan fingerprint density at radius 3 is 2.62 bits per heavy atom. The van der Waals surface area contributed by atoms with Gasteiger partial charge in [0.15, 0.2) is 0 Å². The van der Waals surface area contributed by atoms with Gasteiger partial charge >= 0.3 is 0 Å². The molecule has 0 saturated heterocycles. The maximum Gasteiger partial charge on any atom is 0.239 e. The highest BCUT2D eigenvalue weighted by molar-refractivity contribution is 9.10. The van der Waals surface area contributed by atoms with Crippen molar-refractivity contribution in [2.24, 2.45) is 7.05 Å². The van der Waals surface area contributed by atoms with Crippen LogP contribution >= 0.6 is 15.9 Å². The van der Waals surface area contributed by atoms with Crippen molar-refractivity contribution in [3.05, 3.63) is 46.1 Å². The number of benzene rings is 1. The number of likely N-dealkylation sites (N-methyl/N-ethyl adjacent to an activating group) is 1. The first-order valence-electron chi connectivity index (χ1n) is 6.67. The van der Waals surface area contributed by atoms with E-state index in [0.29, 0.717) is 6.54 Å². The number of nitrogens with one attached hydrogen (secondary N) is 1. The molecule has 0 bridgehead atoms. The molecule has 6 heteroatoms. The van der Waals surface area contributed by atoms with Gasteiger partial charge in [0.1, 0.15) is 5.82 Å². The summed E-state index contributed by atoms with van der Waals surface area (Å²) in [6, 6.07) is 9.95. The van der Waals surface area contributed by atoms with Gasteiger partial charge in [-0.25, -0.2) is 0 Å². The van der Waals surface area contributed by atoms with Crippen molar-refractivity contribution < 1.29 is 4.79 Å². The van der Waals surface area contributed by atoms with Crippen molar-refractivity contribution in [1.82, 2.24) is 14.7 Å². The van der Waals surface area contributed by atoms with Crippen molar-refractivity contribution in [1.29, 1.82) is 0 Å². The van der Waals surface area contributed by atoms with Crippen LogP contribution in [0.4, 0.5) is 5.82 Å². The third-order valence-corrected chi connectivity index (χ3v) is 3.58. The molecule has 0 radical (unpaired) electrons. The van der Waals surface area contributed by atoms with Crippen LogP contribution in [0.5, 0.6) is 0 Å². The van der Waals surface area contributed by atoms with Gasteiger partial charge in [-0.3, -0.25) is 14.4 Å². The minimum Gasteiger partial charge on any atom is -0.310 e. The molecule has 21 heavy (non-hydrogen) atoms. The quantitative estimate of drug-likeness (QED) is 0.901. The van der Waals surface area contributed by atoms with Crippen molar-refractivity contribution in [2.45, 2.75) is 13.5 Å². The van der Waals surface area contributed by atoms with Crippen LogP contribution in [0, 0.1) is 6.92 Å². The van der Waals surface area contributed by atoms with Gasteiger partial charge in [0.2, 0.25) is 5.91 Å². The van der Waals surface area contributed by atoms with Crippen LogP contribution in [0.25, 0.3) is 0 Å². The Hall–Kier alpha value is -1.66. The number of anilines is 1. The second-order valence-electron chi connectivity index (χ2n) is 5.14. The third kappa shape index (κ3) is 4.68. The van der Waals surface area contributed by atoms with Crippen LogP contribution < -0.4 is 5.32 Å². The summed E-state index contributed by atoms with van der Waals surface area (Å²) in [5.41, 5.74) is 2.06. The van der Waals surface area contributed by atoms with E-state index in [1.165, 1.54) is 5.56 Å². The van der Waals surface area contributed by atoms with Crippen molar-refractivity contribution in [3.8, 4) is 0 Å². The minimum atomic E-state index is -0.0439. The van der Waals surface area contributed by atoms with E-state index in [4.69, 9.17) is 0 Å². The highest BCUT2D eigenvalue weighted by Crippen LogP contribution is 2.12. The summed E-state index contributed by atoms with van der Waals surface area (Å²) in [6.07, 6.45) is 0. The minimum absolute atomic E-state index is 0.0439. The number of aryl methyl sites for hydroxylation is 2. The van der Waals surface area contributed by atoms with E-state index >= 15 is 0 Å². The van der Waals surface area contributed by atoms with Gasteiger partial charge in [0.05, 0.1) is 12.2 Å². The lowest BCUT2D eigenvalue weighted by molar-refractivity contribution is -0.117. The van der Waals surface area contributed by atoms with Gasteiger partial charge in [-0.2, -0.15) is 5.10 Å². The average Bonchev–Trinajstić information content (AvgIpc) is 2.70. The van der Waals surface area contributed by atoms with E-state index in [1.54, 1.807) is 4.68 Å². The molecule has 0 fully saturated rings. The van der Waals surface area contributed by atoms with Gasteiger partial charge in [0, 0.05) is 24.1 Å². The summed E-state index contributed by atoms with van der Waals surface area (Å²) in [5, 5.41) is 7.07. The lowest BCUT2D eigenvalue weighted by Gasteiger charge is -2.16. The monoisotopic (exact) mass is 350 g/mol. The fourth-order valence-corrected chi connectivity index (χ4v) is 2.38. The Kier molecular flexibility index (Phi) is 5.14. The van der Waals surface area contributed by atoms with Gasteiger partial charge in [-0.15, -0.1) is 0 Å². The Morgan fingerprint density at radius 2 is 2.05 bits per heavy atom. The topological polar surface area (TPSA) is 50.2 Å². The van der Waals surface area contributed by atoms with Crippen LogP contribution in [-0.4, -0.2) is 34.2 Å². The van der Waals surface area contributed by atoms with Crippen LogP contribution in [-0.2, 0) is 18.4 Å². The predicted octanol–water partition coefficient (Wildman–Crippen LogP) is 2.56. The molecule has 0 saturated carbocycles. The summed E-state index contributed by atoms with van der Waals surface area (Å²) in [7, 11) is 3.74. The normalized spacial score (nSPS) is 10.9. The number of aromatic nitrogens is 2. The first-order chi connectivity index (χ1) is 9.94. The second kappa shape index (κ2) is 6.87. The summed E-state index contributed by atoms with van der Waals surface area (Å²) in [6.45, 7) is 2.96. The molecule has 1 N–H and O–H groups in total. The first-order valence-corrected chi connectivity index (χ1v) is 7.47. The number of hydrogen-bond donors (Lipinski definition) is 1. The average molecular weight is 351 g/mol. The Balaban J connectivity index is 1.87. The first kappa shape index (κ1) is 15.7. The molecule has 2 rings (SSSR count). The standard InChI is InChI=1S/C15H19BrN4O/c1-11-8-14(20(3)18-11)17-15(21)10-19(2)9-12-4-6-13(16)7-5-12/h4-8H,9-10H2,1-3H3,(H,17,21). The van der Waals surface area contributed by atoms with Crippen molar-refractivity contribution >= 4 is 27.7 Å². The molecule has 1 heterocycles. The molecule has 5 nitrogen and oxygen atoms in total. The smallest absolute Gasteiger partial charge is 0.239 e. The second-order valence-corrected chi connectivity index (χ2v) is 6.06. The Bertz CT molecular complexity index is 621. The lowest BCUT2D eigenvalue weighted by atomic mass is 10.2. The zero-order valence-electron chi connectivity index (χ0n) is 12.4. The van der Waals surface area contributed by atoms with Gasteiger partial charge in [-0.1, -0.05) is 28.1 Å². The number of hydrogen-bond acceptors (Lipinski definition) is 3. The number of halogens is 1. The molecule has 1 aromatic carbocycles. The highest BCUT2D eigenvalue weighted by Gasteiger charge is 2.10. The summed E-state index contributed by atoms with van der Waals surface area (Å²) < 4.78 is 2.72. The molecular weight excluding hydrogens is 332 g/mol. The van der Waals surface area contributed by atoms with E-state index in [2.05, 4.69) is 26.3 Å². The summed E-state index contributed by atoms with van der Waals surface area (Å²) in [4.78, 5) is 14.0. The van der Waals surface area contributed by atoms with Crippen LogP contribution in [0.3, 0.4) is 0 Å². The third-order valence-electron chi connectivity index (χ3n) is 3.05. The molecule has 0 atom stereocenters. The SMILES string of the molecule is Cc1cc(NC(=O)CN(C)Cc2ccc(Br)cc2)n(C)n1. The zero-order chi connectivity index (χ0) is 15.4. The fraction of sp³-hybridized carbons (Fsp3) is 0.333. The molecule has 0 aliphatic heterocycles. The summed E-state index contributed by atoms with van der Waals surface area (Å²) >= 11 is 3.41. The van der Waals surface area contributed by atoms with Gasteiger partial charge in [0.25, 0.3) is 0 Å². The Labute approximate surface area is 133 Å². The molecule has 2 aromatic rings. The number of carbonyl (C=O) groups excluding carboxylic acids is 1. The van der Waals surface area contributed by atoms with E-state index < -0.39 is 0 Å². The largest absolute Gasteiger partial charge is 0.310 e. The van der Waals surface area contributed by atoms with Crippen LogP contribution in [0.15, 0.2) is 34.8 Å². The number of amides is 1.